The minimum absolute atomic E-state index is 0.0284. The maximum atomic E-state index is 13.1. The molecule has 0 spiro atoms. The van der Waals surface area contributed by atoms with Crippen LogP contribution in [0.4, 0.5) is 0 Å². The molecular formula is C23H23Cl2NO6. The number of para-hydroxylation sites is 1. The van der Waals surface area contributed by atoms with E-state index in [4.69, 9.17) is 37.4 Å². The predicted molar refractivity (Wildman–Crippen MR) is 122 cm³/mol. The largest absolute Gasteiger partial charge is 0.507 e. The second-order valence-electron chi connectivity index (χ2n) is 7.02. The highest BCUT2D eigenvalue weighted by Crippen LogP contribution is 2.48. The summed E-state index contributed by atoms with van der Waals surface area (Å²) >= 11 is 12.6. The lowest BCUT2D eigenvalue weighted by atomic mass is 9.94. The summed E-state index contributed by atoms with van der Waals surface area (Å²) in [7, 11) is 4.25. The maximum absolute atomic E-state index is 13.1. The van der Waals surface area contributed by atoms with Crippen molar-refractivity contribution in [3.8, 4) is 17.2 Å². The van der Waals surface area contributed by atoms with Crippen molar-refractivity contribution in [2.75, 3.05) is 27.9 Å². The lowest BCUT2D eigenvalue weighted by Crippen LogP contribution is -2.30. The molecule has 2 aromatic carbocycles. The minimum Gasteiger partial charge on any atom is -0.507 e. The molecule has 170 valence electrons. The van der Waals surface area contributed by atoms with Crippen LogP contribution in [0.15, 0.2) is 35.9 Å². The number of methoxy groups -OCH3 is 3. The first-order valence-corrected chi connectivity index (χ1v) is 10.6. The normalized spacial score (nSPS) is 17.6. The fraction of sp³-hybridized carbons (Fsp3) is 0.304. The zero-order valence-corrected chi connectivity index (χ0v) is 19.6. The molecule has 32 heavy (non-hydrogen) atoms. The van der Waals surface area contributed by atoms with E-state index >= 15 is 0 Å². The Morgan fingerprint density at radius 1 is 1.06 bits per heavy atom. The molecule has 1 unspecified atom stereocenters. The van der Waals surface area contributed by atoms with E-state index in [1.165, 1.54) is 32.3 Å². The highest BCUT2D eigenvalue weighted by atomic mass is 35.5. The molecule has 0 aliphatic carbocycles. The van der Waals surface area contributed by atoms with Crippen molar-refractivity contribution >= 4 is 40.7 Å². The number of carbonyl (C=O) groups excluding carboxylic acids is 2. The standard InChI is InChI=1S/C23H23Cl2NO6/c1-5-10-26-18(12-8-6-7-9-15(12)30-2)16(20(28)23(26)29)19(27)13-11-14(24)22(32-4)17(25)21(13)31-3/h6-9,11,18,27H,5,10H2,1-4H3/b19-16+. The number of hydrogen-bond donors (Lipinski definition) is 1. The first-order chi connectivity index (χ1) is 15.3. The minimum atomic E-state index is -0.865. The number of hydrogen-bond acceptors (Lipinski definition) is 6. The molecular weight excluding hydrogens is 457 g/mol. The van der Waals surface area contributed by atoms with Gasteiger partial charge in [0.05, 0.1) is 43.5 Å². The average molecular weight is 480 g/mol. The Morgan fingerprint density at radius 2 is 1.72 bits per heavy atom. The number of Topliss-reactive ketones (excluding diaryl/α,β-unsaturated/α-hetero) is 1. The molecule has 9 heteroatoms. The highest BCUT2D eigenvalue weighted by Gasteiger charge is 2.47. The third-order valence-corrected chi connectivity index (χ3v) is 5.86. The topological polar surface area (TPSA) is 85.3 Å². The van der Waals surface area contributed by atoms with Crippen LogP contribution in [0.25, 0.3) is 5.76 Å². The first-order valence-electron chi connectivity index (χ1n) is 9.83. The van der Waals surface area contributed by atoms with Gasteiger partial charge < -0.3 is 24.2 Å². The highest BCUT2D eigenvalue weighted by molar-refractivity contribution is 6.47. The Morgan fingerprint density at radius 3 is 2.31 bits per heavy atom. The van der Waals surface area contributed by atoms with Gasteiger partial charge in [-0.1, -0.05) is 48.3 Å². The van der Waals surface area contributed by atoms with Crippen LogP contribution in [-0.4, -0.2) is 49.6 Å². The Balaban J connectivity index is 2.34. The molecule has 1 atom stereocenters. The van der Waals surface area contributed by atoms with E-state index in [9.17, 15) is 14.7 Å². The van der Waals surface area contributed by atoms with Gasteiger partial charge in [0.1, 0.15) is 16.5 Å². The number of likely N-dealkylation sites (tertiary alicyclic amines) is 1. The molecule has 1 aliphatic heterocycles. The summed E-state index contributed by atoms with van der Waals surface area (Å²) in [6, 6.07) is 7.54. The van der Waals surface area contributed by atoms with E-state index in [0.717, 1.165) is 0 Å². The van der Waals surface area contributed by atoms with Crippen LogP contribution in [0.5, 0.6) is 17.2 Å². The number of benzene rings is 2. The molecule has 0 bridgehead atoms. The molecule has 1 amide bonds. The Bertz CT molecular complexity index is 1100. The van der Waals surface area contributed by atoms with Crippen molar-refractivity contribution in [1.29, 1.82) is 0 Å². The van der Waals surface area contributed by atoms with Gasteiger partial charge in [-0.25, -0.2) is 0 Å². The molecule has 2 aromatic rings. The molecule has 0 saturated carbocycles. The van der Waals surface area contributed by atoms with Crippen molar-refractivity contribution in [2.24, 2.45) is 0 Å². The zero-order valence-electron chi connectivity index (χ0n) is 18.1. The number of amides is 1. The maximum Gasteiger partial charge on any atom is 0.295 e. The van der Waals surface area contributed by atoms with Crippen molar-refractivity contribution in [2.45, 2.75) is 19.4 Å². The first kappa shape index (κ1) is 23.8. The van der Waals surface area contributed by atoms with E-state index in [0.29, 0.717) is 24.3 Å². The fourth-order valence-corrected chi connectivity index (χ4v) is 4.55. The van der Waals surface area contributed by atoms with E-state index in [-0.39, 0.29) is 32.7 Å². The summed E-state index contributed by atoms with van der Waals surface area (Å²) in [4.78, 5) is 27.4. The summed E-state index contributed by atoms with van der Waals surface area (Å²) < 4.78 is 16.0. The fourth-order valence-electron chi connectivity index (χ4n) is 3.86. The SMILES string of the molecule is CCCN1C(=O)C(=O)/C(=C(/O)c2cc(Cl)c(OC)c(Cl)c2OC)C1c1ccccc1OC. The zero-order chi connectivity index (χ0) is 23.6. The molecule has 7 nitrogen and oxygen atoms in total. The molecule has 1 aliphatic rings. The molecule has 1 heterocycles. The third kappa shape index (κ3) is 3.87. The average Bonchev–Trinajstić information content (AvgIpc) is 3.03. The molecule has 1 saturated heterocycles. The number of carbonyl (C=O) groups is 2. The van der Waals surface area contributed by atoms with Crippen LogP contribution in [-0.2, 0) is 9.59 Å². The number of halogens is 2. The van der Waals surface area contributed by atoms with Crippen molar-refractivity contribution in [1.82, 2.24) is 4.90 Å². The van der Waals surface area contributed by atoms with Gasteiger partial charge in [0, 0.05) is 12.1 Å². The van der Waals surface area contributed by atoms with Gasteiger partial charge in [0.15, 0.2) is 11.5 Å². The number of rotatable bonds is 7. The Hall–Kier alpha value is -2.90. The predicted octanol–water partition coefficient (Wildman–Crippen LogP) is 4.85. The van der Waals surface area contributed by atoms with Crippen LogP contribution < -0.4 is 14.2 Å². The summed E-state index contributed by atoms with van der Waals surface area (Å²) in [6.45, 7) is 2.20. The molecule has 0 aromatic heterocycles. The number of aliphatic hydroxyl groups is 1. The van der Waals surface area contributed by atoms with Gasteiger partial charge in [0.2, 0.25) is 0 Å². The van der Waals surface area contributed by atoms with Gasteiger partial charge in [-0.2, -0.15) is 0 Å². The van der Waals surface area contributed by atoms with Crippen LogP contribution in [0.3, 0.4) is 0 Å². The third-order valence-electron chi connectivity index (χ3n) is 5.23. The van der Waals surface area contributed by atoms with Crippen molar-refractivity contribution in [3.63, 3.8) is 0 Å². The van der Waals surface area contributed by atoms with E-state index in [2.05, 4.69) is 0 Å². The lowest BCUT2D eigenvalue weighted by Gasteiger charge is -2.26. The van der Waals surface area contributed by atoms with Crippen LogP contribution in [0.2, 0.25) is 10.0 Å². The second-order valence-corrected chi connectivity index (χ2v) is 7.81. The van der Waals surface area contributed by atoms with E-state index in [1.807, 2.05) is 6.92 Å². The summed E-state index contributed by atoms with van der Waals surface area (Å²) in [5.74, 6) is -1.29. The van der Waals surface area contributed by atoms with Gasteiger partial charge in [-0.05, 0) is 18.6 Å². The van der Waals surface area contributed by atoms with Gasteiger partial charge >= 0.3 is 0 Å². The Kier molecular flexibility index (Phi) is 7.21. The monoisotopic (exact) mass is 479 g/mol. The lowest BCUT2D eigenvalue weighted by molar-refractivity contribution is -0.139. The summed E-state index contributed by atoms with van der Waals surface area (Å²) in [6.07, 6.45) is 0.613. The van der Waals surface area contributed by atoms with Gasteiger partial charge in [0.25, 0.3) is 11.7 Å². The quantitative estimate of drug-likeness (QED) is 0.347. The van der Waals surface area contributed by atoms with Crippen LogP contribution in [0.1, 0.15) is 30.5 Å². The van der Waals surface area contributed by atoms with E-state index in [1.54, 1.807) is 24.3 Å². The molecule has 0 radical (unpaired) electrons. The summed E-state index contributed by atoms with van der Waals surface area (Å²) in [5.41, 5.74) is 0.523. The smallest absolute Gasteiger partial charge is 0.295 e. The molecule has 1 fully saturated rings. The van der Waals surface area contributed by atoms with Crippen molar-refractivity contribution in [3.05, 3.63) is 57.1 Å². The van der Waals surface area contributed by atoms with Crippen LogP contribution >= 0.6 is 23.2 Å². The van der Waals surface area contributed by atoms with Crippen molar-refractivity contribution < 1.29 is 28.9 Å². The number of nitrogens with zero attached hydrogens (tertiary/aromatic N) is 1. The van der Waals surface area contributed by atoms with Gasteiger partial charge in [-0.3, -0.25) is 9.59 Å². The number of ketones is 1. The molecule has 1 N–H and O–H groups in total. The number of aliphatic hydroxyl groups excluding tert-OH is 1. The Labute approximate surface area is 196 Å². The van der Waals surface area contributed by atoms with E-state index < -0.39 is 23.5 Å². The second kappa shape index (κ2) is 9.71. The van der Waals surface area contributed by atoms with Crippen LogP contribution in [0, 0.1) is 0 Å². The molecule has 3 rings (SSSR count). The van der Waals surface area contributed by atoms with Gasteiger partial charge in [-0.15, -0.1) is 0 Å². The summed E-state index contributed by atoms with van der Waals surface area (Å²) in [5, 5.41) is 11.5. The number of ether oxygens (including phenoxy) is 3.